The van der Waals surface area contributed by atoms with Gasteiger partial charge in [0.15, 0.2) is 11.7 Å². The van der Waals surface area contributed by atoms with Crippen molar-refractivity contribution < 1.29 is 4.52 Å². The van der Waals surface area contributed by atoms with E-state index in [4.69, 9.17) is 16.1 Å². The van der Waals surface area contributed by atoms with Crippen LogP contribution in [0.15, 0.2) is 39.8 Å². The molecule has 0 amide bonds. The molecule has 0 atom stereocenters. The molecule has 132 valence electrons. The highest BCUT2D eigenvalue weighted by molar-refractivity contribution is 14.0. The van der Waals surface area contributed by atoms with Crippen molar-refractivity contribution in [2.45, 2.75) is 32.7 Å². The van der Waals surface area contributed by atoms with Crippen LogP contribution in [0.1, 0.15) is 36.8 Å². The lowest BCUT2D eigenvalue weighted by Crippen LogP contribution is -2.37. The van der Waals surface area contributed by atoms with Gasteiger partial charge >= 0.3 is 0 Å². The Kier molecular flexibility index (Phi) is 9.13. The van der Waals surface area contributed by atoms with E-state index in [1.54, 1.807) is 7.05 Å². The molecule has 24 heavy (non-hydrogen) atoms. The summed E-state index contributed by atoms with van der Waals surface area (Å²) in [6.45, 7) is 5.47. The average Bonchev–Trinajstić information content (AvgIpc) is 3.01. The molecule has 0 saturated heterocycles. The van der Waals surface area contributed by atoms with Crippen molar-refractivity contribution in [3.8, 4) is 0 Å². The molecule has 0 aliphatic rings. The number of halogens is 2. The number of aromatic nitrogens is 1. The number of hydrogen-bond donors (Lipinski definition) is 2. The maximum absolute atomic E-state index is 6.15. The average molecular weight is 463 g/mol. The predicted octanol–water partition coefficient (Wildman–Crippen LogP) is 3.98. The minimum Gasteiger partial charge on any atom is -0.359 e. The Bertz CT molecular complexity index is 658. The van der Waals surface area contributed by atoms with Gasteiger partial charge in [-0.15, -0.1) is 24.0 Å². The van der Waals surface area contributed by atoms with Gasteiger partial charge in [-0.3, -0.25) is 4.99 Å². The van der Waals surface area contributed by atoms with E-state index in [0.29, 0.717) is 12.5 Å². The molecular weight excluding hydrogens is 439 g/mol. The van der Waals surface area contributed by atoms with E-state index in [9.17, 15) is 0 Å². The number of nitrogens with zero attached hydrogens (tertiary/aromatic N) is 2. The van der Waals surface area contributed by atoms with Crippen LogP contribution in [-0.4, -0.2) is 24.7 Å². The molecule has 0 bridgehead atoms. The number of aliphatic imine (C=N–C) groups is 1. The molecule has 0 aliphatic heterocycles. The third-order valence-corrected chi connectivity index (χ3v) is 3.84. The van der Waals surface area contributed by atoms with Gasteiger partial charge in [0.25, 0.3) is 0 Å². The maximum atomic E-state index is 6.15. The standard InChI is InChI=1S/C17H23ClN4O.HI/c1-12(2)16-10-14(23-22-16)11-21-17(19-3)20-9-8-13-6-4-5-7-15(13)18;/h4-7,10,12H,8-9,11H2,1-3H3,(H2,19,20,21);1H. The van der Waals surface area contributed by atoms with Crippen LogP contribution in [0.3, 0.4) is 0 Å². The zero-order valence-electron chi connectivity index (χ0n) is 14.2. The first-order valence-electron chi connectivity index (χ1n) is 7.73. The number of guanidine groups is 1. The van der Waals surface area contributed by atoms with Gasteiger partial charge in [-0.1, -0.05) is 48.8 Å². The molecule has 0 unspecified atom stereocenters. The van der Waals surface area contributed by atoms with Crippen molar-refractivity contribution >= 4 is 41.5 Å². The number of benzene rings is 1. The van der Waals surface area contributed by atoms with E-state index < -0.39 is 0 Å². The molecular formula is C17H24ClIN4O. The molecule has 1 heterocycles. The molecule has 1 aromatic heterocycles. The second-order valence-electron chi connectivity index (χ2n) is 5.57. The second-order valence-corrected chi connectivity index (χ2v) is 5.97. The van der Waals surface area contributed by atoms with Crippen LogP contribution in [0.4, 0.5) is 0 Å². The summed E-state index contributed by atoms with van der Waals surface area (Å²) in [5.41, 5.74) is 2.08. The molecule has 7 heteroatoms. The summed E-state index contributed by atoms with van der Waals surface area (Å²) >= 11 is 6.15. The third-order valence-electron chi connectivity index (χ3n) is 3.47. The van der Waals surface area contributed by atoms with Crippen LogP contribution in [0.5, 0.6) is 0 Å². The molecule has 2 aromatic rings. The van der Waals surface area contributed by atoms with Gasteiger partial charge in [-0.05, 0) is 24.0 Å². The molecule has 2 rings (SSSR count). The Balaban J connectivity index is 0.00000288. The lowest BCUT2D eigenvalue weighted by molar-refractivity contribution is 0.372. The fraction of sp³-hybridized carbons (Fsp3) is 0.412. The van der Waals surface area contributed by atoms with Crippen molar-refractivity contribution in [3.63, 3.8) is 0 Å². The zero-order valence-corrected chi connectivity index (χ0v) is 17.3. The van der Waals surface area contributed by atoms with Gasteiger partial charge in [-0.2, -0.15) is 0 Å². The largest absolute Gasteiger partial charge is 0.359 e. The van der Waals surface area contributed by atoms with Gasteiger partial charge < -0.3 is 15.2 Å². The van der Waals surface area contributed by atoms with Crippen molar-refractivity contribution in [2.24, 2.45) is 4.99 Å². The molecule has 0 fully saturated rings. The quantitative estimate of drug-likeness (QED) is 0.387. The zero-order chi connectivity index (χ0) is 16.7. The number of nitrogens with one attached hydrogen (secondary N) is 2. The molecule has 0 spiro atoms. The number of rotatable bonds is 6. The molecule has 0 aliphatic carbocycles. The van der Waals surface area contributed by atoms with E-state index in [-0.39, 0.29) is 24.0 Å². The monoisotopic (exact) mass is 462 g/mol. The third kappa shape index (κ3) is 6.32. The second kappa shape index (κ2) is 10.6. The highest BCUT2D eigenvalue weighted by Gasteiger charge is 2.08. The van der Waals surface area contributed by atoms with Crippen LogP contribution < -0.4 is 10.6 Å². The van der Waals surface area contributed by atoms with Gasteiger partial charge in [0.2, 0.25) is 0 Å². The summed E-state index contributed by atoms with van der Waals surface area (Å²) in [6, 6.07) is 9.82. The lowest BCUT2D eigenvalue weighted by atomic mass is 10.1. The summed E-state index contributed by atoms with van der Waals surface area (Å²) in [4.78, 5) is 4.20. The van der Waals surface area contributed by atoms with Crippen molar-refractivity contribution in [3.05, 3.63) is 52.4 Å². The molecule has 0 radical (unpaired) electrons. The highest BCUT2D eigenvalue weighted by Crippen LogP contribution is 2.15. The SMILES string of the molecule is CN=C(NCCc1ccccc1Cl)NCc1cc(C(C)C)no1.I. The van der Waals surface area contributed by atoms with E-state index in [0.717, 1.165) is 41.0 Å². The van der Waals surface area contributed by atoms with Crippen LogP contribution >= 0.6 is 35.6 Å². The summed E-state index contributed by atoms with van der Waals surface area (Å²) < 4.78 is 5.30. The van der Waals surface area contributed by atoms with Crippen LogP contribution in [0.2, 0.25) is 5.02 Å². The van der Waals surface area contributed by atoms with Gasteiger partial charge in [0.05, 0.1) is 12.2 Å². The van der Waals surface area contributed by atoms with Crippen LogP contribution in [0.25, 0.3) is 0 Å². The van der Waals surface area contributed by atoms with E-state index in [1.165, 1.54) is 0 Å². The normalized spacial score (nSPS) is 11.3. The smallest absolute Gasteiger partial charge is 0.191 e. The maximum Gasteiger partial charge on any atom is 0.191 e. The van der Waals surface area contributed by atoms with Crippen LogP contribution in [-0.2, 0) is 13.0 Å². The summed E-state index contributed by atoms with van der Waals surface area (Å²) in [7, 11) is 1.74. The summed E-state index contributed by atoms with van der Waals surface area (Å²) in [5.74, 6) is 1.88. The first kappa shape index (κ1) is 20.8. The van der Waals surface area contributed by atoms with E-state index >= 15 is 0 Å². The van der Waals surface area contributed by atoms with Gasteiger partial charge in [-0.25, -0.2) is 0 Å². The summed E-state index contributed by atoms with van der Waals surface area (Å²) in [5, 5.41) is 11.3. The first-order chi connectivity index (χ1) is 11.1. The van der Waals surface area contributed by atoms with Crippen LogP contribution in [0, 0.1) is 0 Å². The minimum atomic E-state index is 0. The topological polar surface area (TPSA) is 62.5 Å². The molecule has 0 saturated carbocycles. The van der Waals surface area contributed by atoms with E-state index in [2.05, 4.69) is 34.6 Å². The van der Waals surface area contributed by atoms with Crippen molar-refractivity contribution in [1.29, 1.82) is 0 Å². The Morgan fingerprint density at radius 1 is 1.29 bits per heavy atom. The highest BCUT2D eigenvalue weighted by atomic mass is 127. The Hall–Kier alpha value is -1.28. The Labute approximate surface area is 165 Å². The Morgan fingerprint density at radius 3 is 2.67 bits per heavy atom. The Morgan fingerprint density at radius 2 is 2.04 bits per heavy atom. The number of hydrogen-bond acceptors (Lipinski definition) is 3. The van der Waals surface area contributed by atoms with Gasteiger partial charge in [0.1, 0.15) is 0 Å². The van der Waals surface area contributed by atoms with E-state index in [1.807, 2.05) is 30.3 Å². The molecule has 1 aromatic carbocycles. The predicted molar refractivity (Wildman–Crippen MR) is 109 cm³/mol. The summed E-state index contributed by atoms with van der Waals surface area (Å²) in [6.07, 6.45) is 0.834. The minimum absolute atomic E-state index is 0. The first-order valence-corrected chi connectivity index (χ1v) is 8.11. The fourth-order valence-corrected chi connectivity index (χ4v) is 2.32. The van der Waals surface area contributed by atoms with Crippen molar-refractivity contribution in [2.75, 3.05) is 13.6 Å². The van der Waals surface area contributed by atoms with Crippen molar-refractivity contribution in [1.82, 2.24) is 15.8 Å². The molecule has 5 nitrogen and oxygen atoms in total. The lowest BCUT2D eigenvalue weighted by Gasteiger charge is -2.11. The van der Waals surface area contributed by atoms with Gasteiger partial charge in [0, 0.05) is 24.7 Å². The molecule has 2 N–H and O–H groups in total. The fourth-order valence-electron chi connectivity index (χ4n) is 2.09.